The van der Waals surface area contributed by atoms with Gasteiger partial charge in [-0.05, 0) is 60.5 Å². The van der Waals surface area contributed by atoms with Crippen LogP contribution in [0.5, 0.6) is 0 Å². The van der Waals surface area contributed by atoms with Crippen molar-refractivity contribution in [3.8, 4) is 0 Å². The van der Waals surface area contributed by atoms with Gasteiger partial charge in [-0.1, -0.05) is 50.2 Å². The van der Waals surface area contributed by atoms with Gasteiger partial charge in [-0.25, -0.2) is 0 Å². The second kappa shape index (κ2) is 9.29. The molecule has 0 spiro atoms. The second-order valence-corrected chi connectivity index (χ2v) is 9.78. The molecule has 0 bridgehead atoms. The molecule has 3 aromatic rings. The molecule has 0 fully saturated rings. The van der Waals surface area contributed by atoms with E-state index in [0.717, 1.165) is 21.7 Å². The van der Waals surface area contributed by atoms with E-state index in [2.05, 4.69) is 13.8 Å². The lowest BCUT2D eigenvalue weighted by atomic mass is 9.80. The zero-order chi connectivity index (χ0) is 22.8. The van der Waals surface area contributed by atoms with Crippen LogP contribution in [0.15, 0.2) is 66.0 Å². The zero-order valence-electron chi connectivity index (χ0n) is 19.1. The molecule has 32 heavy (non-hydrogen) atoms. The second-order valence-electron chi connectivity index (χ2n) is 8.80. The van der Waals surface area contributed by atoms with Crippen molar-refractivity contribution in [1.29, 1.82) is 0 Å². The lowest BCUT2D eigenvalue weighted by Crippen LogP contribution is -2.49. The van der Waals surface area contributed by atoms with Crippen LogP contribution in [0.2, 0.25) is 0 Å². The molecule has 2 aromatic carbocycles. The largest absolute Gasteiger partial charge is 0.329 e. The topological polar surface area (TPSA) is 40.6 Å². The van der Waals surface area contributed by atoms with E-state index < -0.39 is 5.92 Å². The predicted octanol–water partition coefficient (Wildman–Crippen LogP) is 6.05. The minimum Gasteiger partial charge on any atom is -0.329 e. The zero-order valence-corrected chi connectivity index (χ0v) is 19.9. The number of nitrogens with zero attached hydrogens (tertiary/aromatic N) is 2. The predicted molar refractivity (Wildman–Crippen MR) is 131 cm³/mol. The highest BCUT2D eigenvalue weighted by molar-refractivity contribution is 7.10. The Hall–Kier alpha value is -2.92. The van der Waals surface area contributed by atoms with Crippen LogP contribution in [0, 0.1) is 12.8 Å². The van der Waals surface area contributed by atoms with Crippen LogP contribution in [0.4, 0.5) is 5.69 Å². The number of likely N-dealkylation sites (N-methyl/N-ethyl adjacent to an activating group) is 1. The molecule has 0 N–H and O–H groups in total. The van der Waals surface area contributed by atoms with Crippen LogP contribution in [0.1, 0.15) is 59.1 Å². The Bertz CT molecular complexity index is 1110. The molecular formula is C27H30N2O2S. The van der Waals surface area contributed by atoms with Crippen molar-refractivity contribution < 1.29 is 9.59 Å². The molecule has 4 rings (SSSR count). The summed E-state index contributed by atoms with van der Waals surface area (Å²) in [5.74, 6) is -0.121. The Morgan fingerprint density at radius 1 is 1.09 bits per heavy atom. The minimum atomic E-state index is -0.457. The van der Waals surface area contributed by atoms with E-state index in [0.29, 0.717) is 24.6 Å². The Morgan fingerprint density at radius 2 is 1.88 bits per heavy atom. The summed E-state index contributed by atoms with van der Waals surface area (Å²) in [5.41, 5.74) is 3.48. The number of hydrogen-bond donors (Lipinski definition) is 0. The number of benzene rings is 2. The maximum atomic E-state index is 14.2. The molecule has 5 heteroatoms. The summed E-state index contributed by atoms with van der Waals surface area (Å²) < 4.78 is 0. The van der Waals surface area contributed by atoms with Gasteiger partial charge in [0.25, 0.3) is 5.91 Å². The third-order valence-corrected chi connectivity index (χ3v) is 6.94. The number of anilines is 1. The van der Waals surface area contributed by atoms with Gasteiger partial charge in [-0.15, -0.1) is 11.3 Å². The van der Waals surface area contributed by atoms with Gasteiger partial charge >= 0.3 is 0 Å². The molecular weight excluding hydrogens is 416 g/mol. The molecule has 166 valence electrons. The highest BCUT2D eigenvalue weighted by Crippen LogP contribution is 2.45. The first kappa shape index (κ1) is 22.3. The lowest BCUT2D eigenvalue weighted by molar-refractivity contribution is -0.121. The Labute approximate surface area is 194 Å². The summed E-state index contributed by atoms with van der Waals surface area (Å²) in [6, 6.07) is 19.4. The smallest absolute Gasteiger partial charge is 0.254 e. The van der Waals surface area contributed by atoms with Crippen LogP contribution >= 0.6 is 11.3 Å². The summed E-state index contributed by atoms with van der Waals surface area (Å²) in [6.45, 7) is 9.44. The first-order valence-corrected chi connectivity index (χ1v) is 12.1. The van der Waals surface area contributed by atoms with E-state index in [-0.39, 0.29) is 17.9 Å². The van der Waals surface area contributed by atoms with Gasteiger partial charge in [0.1, 0.15) is 0 Å². The number of hydrogen-bond acceptors (Lipinski definition) is 3. The van der Waals surface area contributed by atoms with Crippen molar-refractivity contribution in [2.75, 3.05) is 18.0 Å². The quantitative estimate of drug-likeness (QED) is 0.463. The molecule has 0 saturated heterocycles. The molecule has 0 radical (unpaired) electrons. The first-order chi connectivity index (χ1) is 15.4. The van der Waals surface area contributed by atoms with Crippen molar-refractivity contribution in [2.45, 2.75) is 39.7 Å². The van der Waals surface area contributed by atoms with E-state index in [9.17, 15) is 9.59 Å². The van der Waals surface area contributed by atoms with E-state index in [4.69, 9.17) is 0 Å². The van der Waals surface area contributed by atoms with Gasteiger partial charge < -0.3 is 9.80 Å². The number of aryl methyl sites for hydroxylation is 1. The van der Waals surface area contributed by atoms with E-state index in [1.807, 2.05) is 89.7 Å². The summed E-state index contributed by atoms with van der Waals surface area (Å²) in [6.07, 6.45) is 0. The Kier molecular flexibility index (Phi) is 6.47. The SMILES string of the molecule is CCN(C(=O)[C@H]1c2ccccc2C(=O)N(CC(C)C)[C@@H]1c1cccs1)c1cccc(C)c1. The fourth-order valence-corrected chi connectivity index (χ4v) is 5.53. The van der Waals surface area contributed by atoms with Crippen LogP contribution in [-0.4, -0.2) is 29.8 Å². The highest BCUT2D eigenvalue weighted by Gasteiger charge is 2.46. The normalized spacial score (nSPS) is 18.0. The van der Waals surface area contributed by atoms with Gasteiger partial charge in [-0.3, -0.25) is 9.59 Å². The third kappa shape index (κ3) is 4.09. The number of carbonyl (C=O) groups excluding carboxylic acids is 2. The van der Waals surface area contributed by atoms with Crippen molar-refractivity contribution in [1.82, 2.24) is 4.90 Å². The monoisotopic (exact) mass is 446 g/mol. The molecule has 2 heterocycles. The molecule has 1 aromatic heterocycles. The summed E-state index contributed by atoms with van der Waals surface area (Å²) in [4.78, 5) is 32.7. The number of fused-ring (bicyclic) bond motifs is 1. The maximum Gasteiger partial charge on any atom is 0.254 e. The van der Waals surface area contributed by atoms with Crippen LogP contribution in [0.3, 0.4) is 0 Å². The molecule has 0 aliphatic carbocycles. The molecule has 0 saturated carbocycles. The minimum absolute atomic E-state index is 0.00959. The number of carbonyl (C=O) groups is 2. The fourth-order valence-electron chi connectivity index (χ4n) is 4.66. The Morgan fingerprint density at radius 3 is 2.53 bits per heavy atom. The number of amides is 2. The molecule has 4 nitrogen and oxygen atoms in total. The van der Waals surface area contributed by atoms with Crippen LogP contribution in [-0.2, 0) is 4.79 Å². The molecule has 1 aliphatic rings. The number of thiophene rings is 1. The average Bonchev–Trinajstić information content (AvgIpc) is 3.30. The lowest BCUT2D eigenvalue weighted by Gasteiger charge is -2.43. The van der Waals surface area contributed by atoms with Gasteiger partial charge in [-0.2, -0.15) is 0 Å². The highest BCUT2D eigenvalue weighted by atomic mass is 32.1. The van der Waals surface area contributed by atoms with Crippen molar-refractivity contribution >= 4 is 28.8 Å². The number of rotatable bonds is 6. The third-order valence-electron chi connectivity index (χ3n) is 6.00. The van der Waals surface area contributed by atoms with Gasteiger partial charge in [0, 0.05) is 29.2 Å². The summed E-state index contributed by atoms with van der Waals surface area (Å²) in [7, 11) is 0. The van der Waals surface area contributed by atoms with Gasteiger partial charge in [0.2, 0.25) is 5.91 Å². The van der Waals surface area contributed by atoms with E-state index >= 15 is 0 Å². The molecule has 0 unspecified atom stereocenters. The average molecular weight is 447 g/mol. The Balaban J connectivity index is 1.88. The standard InChI is InChI=1S/C27H30N2O2S/c1-5-28(20-11-8-10-19(4)16-20)27(31)24-21-12-6-7-13-22(21)26(30)29(17-18(2)3)25(24)23-14-9-15-32-23/h6-16,18,24-25H,5,17H2,1-4H3/t24-,25+/m0/s1. The molecule has 1 aliphatic heterocycles. The van der Waals surface area contributed by atoms with Crippen LogP contribution < -0.4 is 4.90 Å². The summed E-state index contributed by atoms with van der Waals surface area (Å²) in [5, 5.41) is 2.02. The first-order valence-electron chi connectivity index (χ1n) is 11.2. The van der Waals surface area contributed by atoms with E-state index in [1.54, 1.807) is 11.3 Å². The van der Waals surface area contributed by atoms with Crippen molar-refractivity contribution in [2.24, 2.45) is 5.92 Å². The molecule has 2 atom stereocenters. The summed E-state index contributed by atoms with van der Waals surface area (Å²) >= 11 is 1.61. The van der Waals surface area contributed by atoms with Crippen molar-refractivity contribution in [3.63, 3.8) is 0 Å². The van der Waals surface area contributed by atoms with Gasteiger partial charge in [0.15, 0.2) is 0 Å². The molecule has 2 amide bonds. The fraction of sp³-hybridized carbons (Fsp3) is 0.333. The van der Waals surface area contributed by atoms with E-state index in [1.165, 1.54) is 0 Å². The van der Waals surface area contributed by atoms with Crippen LogP contribution in [0.25, 0.3) is 0 Å². The maximum absolute atomic E-state index is 14.2. The van der Waals surface area contributed by atoms with Crippen molar-refractivity contribution in [3.05, 3.63) is 87.6 Å². The van der Waals surface area contributed by atoms with Gasteiger partial charge in [0.05, 0.1) is 12.0 Å².